The van der Waals surface area contributed by atoms with Gasteiger partial charge in [-0.25, -0.2) is 0 Å². The largest absolute Gasteiger partial charge is 0.348 e. The first kappa shape index (κ1) is 14.7. The first-order chi connectivity index (χ1) is 8.36. The van der Waals surface area contributed by atoms with E-state index in [9.17, 15) is 4.79 Å². The predicted octanol–water partition coefficient (Wildman–Crippen LogP) is 2.69. The van der Waals surface area contributed by atoms with Gasteiger partial charge in [0, 0.05) is 0 Å². The van der Waals surface area contributed by atoms with Gasteiger partial charge in [0.2, 0.25) is 5.91 Å². The highest BCUT2D eigenvalue weighted by atomic mass is 16.2. The lowest BCUT2D eigenvalue weighted by atomic mass is 9.95. The van der Waals surface area contributed by atoms with Gasteiger partial charge in [0.1, 0.15) is 0 Å². The van der Waals surface area contributed by atoms with E-state index in [4.69, 9.17) is 5.73 Å². The maximum atomic E-state index is 12.1. The molecule has 0 aromatic heterocycles. The minimum absolute atomic E-state index is 0.0159. The molecule has 2 atom stereocenters. The molecule has 100 valence electrons. The van der Waals surface area contributed by atoms with Crippen LogP contribution in [0, 0.1) is 6.92 Å². The van der Waals surface area contributed by atoms with Crippen LogP contribution in [0.4, 0.5) is 0 Å². The number of carbonyl (C=O) groups is 1. The highest BCUT2D eigenvalue weighted by molar-refractivity contribution is 5.85. The van der Waals surface area contributed by atoms with Crippen LogP contribution in [0.25, 0.3) is 0 Å². The number of benzene rings is 1. The number of carbonyl (C=O) groups excluding carboxylic acids is 1. The monoisotopic (exact) mass is 248 g/mol. The summed E-state index contributed by atoms with van der Waals surface area (Å²) in [5, 5.41) is 2.98. The van der Waals surface area contributed by atoms with Crippen molar-refractivity contribution in [3.05, 3.63) is 35.4 Å². The van der Waals surface area contributed by atoms with E-state index < -0.39 is 5.54 Å². The summed E-state index contributed by atoms with van der Waals surface area (Å²) in [5.74, 6) is -0.0857. The summed E-state index contributed by atoms with van der Waals surface area (Å²) in [6.45, 7) is 7.84. The van der Waals surface area contributed by atoms with E-state index in [0.29, 0.717) is 6.42 Å². The highest BCUT2D eigenvalue weighted by Crippen LogP contribution is 2.15. The Morgan fingerprint density at radius 1 is 1.39 bits per heavy atom. The van der Waals surface area contributed by atoms with Crippen LogP contribution in [0.3, 0.4) is 0 Å². The number of nitrogens with one attached hydrogen (secondary N) is 1. The van der Waals surface area contributed by atoms with Crippen LogP contribution in [0.2, 0.25) is 0 Å². The zero-order valence-electron chi connectivity index (χ0n) is 11.8. The third-order valence-electron chi connectivity index (χ3n) is 3.21. The van der Waals surface area contributed by atoms with Crippen LogP contribution < -0.4 is 11.1 Å². The summed E-state index contributed by atoms with van der Waals surface area (Å²) in [6.07, 6.45) is 1.60. The molecule has 3 nitrogen and oxygen atoms in total. The SMILES string of the molecule is CCCC(C)(N)C(=O)N[C@@H](C)c1ccc(C)cc1. The van der Waals surface area contributed by atoms with Gasteiger partial charge in [-0.05, 0) is 32.8 Å². The van der Waals surface area contributed by atoms with Crippen LogP contribution in [-0.4, -0.2) is 11.4 Å². The molecule has 0 bridgehead atoms. The van der Waals surface area contributed by atoms with Gasteiger partial charge >= 0.3 is 0 Å². The molecule has 0 radical (unpaired) electrons. The first-order valence-electron chi connectivity index (χ1n) is 6.53. The fourth-order valence-corrected chi connectivity index (χ4v) is 1.93. The molecule has 3 N–H and O–H groups in total. The summed E-state index contributed by atoms with van der Waals surface area (Å²) in [7, 11) is 0. The van der Waals surface area contributed by atoms with Gasteiger partial charge < -0.3 is 11.1 Å². The van der Waals surface area contributed by atoms with E-state index in [2.05, 4.69) is 5.32 Å². The average Bonchev–Trinajstić information content (AvgIpc) is 2.29. The Labute approximate surface area is 110 Å². The molecular weight excluding hydrogens is 224 g/mol. The number of hydrogen-bond donors (Lipinski definition) is 2. The van der Waals surface area contributed by atoms with Crippen LogP contribution in [0.1, 0.15) is 50.8 Å². The van der Waals surface area contributed by atoms with Crippen LogP contribution in [0.5, 0.6) is 0 Å². The number of amides is 1. The number of nitrogens with two attached hydrogens (primary N) is 1. The van der Waals surface area contributed by atoms with Gasteiger partial charge in [-0.3, -0.25) is 4.79 Å². The van der Waals surface area contributed by atoms with Gasteiger partial charge in [0.25, 0.3) is 0 Å². The molecule has 0 saturated heterocycles. The van der Waals surface area contributed by atoms with Gasteiger partial charge in [0.15, 0.2) is 0 Å². The standard InChI is InChI=1S/C15H24N2O/c1-5-10-15(4,16)14(18)17-12(3)13-8-6-11(2)7-9-13/h6-9,12H,5,10,16H2,1-4H3,(H,17,18)/t12-,15?/m0/s1. The second-order valence-electron chi connectivity index (χ2n) is 5.27. The Kier molecular flexibility index (Phi) is 4.91. The summed E-state index contributed by atoms with van der Waals surface area (Å²) in [6, 6.07) is 8.15. The van der Waals surface area contributed by atoms with E-state index in [1.165, 1.54) is 5.56 Å². The third-order valence-corrected chi connectivity index (χ3v) is 3.21. The molecule has 0 saturated carbocycles. The van der Waals surface area contributed by atoms with Crippen molar-refractivity contribution in [3.63, 3.8) is 0 Å². The molecule has 0 aliphatic rings. The van der Waals surface area contributed by atoms with E-state index >= 15 is 0 Å². The molecule has 0 spiro atoms. The molecule has 1 aromatic carbocycles. The molecule has 18 heavy (non-hydrogen) atoms. The zero-order chi connectivity index (χ0) is 13.8. The molecule has 1 rings (SSSR count). The normalized spacial score (nSPS) is 15.8. The van der Waals surface area contributed by atoms with Crippen LogP contribution in [-0.2, 0) is 4.79 Å². The Morgan fingerprint density at radius 3 is 2.44 bits per heavy atom. The van der Waals surface area contributed by atoms with Crippen molar-refractivity contribution in [2.45, 2.75) is 52.1 Å². The van der Waals surface area contributed by atoms with E-state index in [1.807, 2.05) is 45.0 Å². The van der Waals surface area contributed by atoms with Gasteiger partial charge in [-0.15, -0.1) is 0 Å². The molecule has 3 heteroatoms. The molecule has 0 aliphatic carbocycles. The highest BCUT2D eigenvalue weighted by Gasteiger charge is 2.28. The Balaban J connectivity index is 2.67. The van der Waals surface area contributed by atoms with E-state index in [0.717, 1.165) is 12.0 Å². The molecule has 0 heterocycles. The number of rotatable bonds is 5. The van der Waals surface area contributed by atoms with Gasteiger partial charge in [0.05, 0.1) is 11.6 Å². The van der Waals surface area contributed by atoms with E-state index in [1.54, 1.807) is 6.92 Å². The van der Waals surface area contributed by atoms with Crippen molar-refractivity contribution in [1.29, 1.82) is 0 Å². The predicted molar refractivity (Wildman–Crippen MR) is 75.2 cm³/mol. The fourth-order valence-electron chi connectivity index (χ4n) is 1.93. The quantitative estimate of drug-likeness (QED) is 0.841. The number of aryl methyl sites for hydroxylation is 1. The molecule has 0 fully saturated rings. The fraction of sp³-hybridized carbons (Fsp3) is 0.533. The van der Waals surface area contributed by atoms with Gasteiger partial charge in [-0.2, -0.15) is 0 Å². The van der Waals surface area contributed by atoms with Crippen molar-refractivity contribution < 1.29 is 4.79 Å². The molecule has 0 aliphatic heterocycles. The lowest BCUT2D eigenvalue weighted by molar-refractivity contribution is -0.126. The Bertz CT molecular complexity index is 395. The van der Waals surface area contributed by atoms with Crippen LogP contribution >= 0.6 is 0 Å². The van der Waals surface area contributed by atoms with Crippen molar-refractivity contribution in [2.75, 3.05) is 0 Å². The molecular formula is C15H24N2O. The van der Waals surface area contributed by atoms with E-state index in [-0.39, 0.29) is 11.9 Å². The summed E-state index contributed by atoms with van der Waals surface area (Å²) in [5.41, 5.74) is 7.54. The molecule has 1 unspecified atom stereocenters. The lowest BCUT2D eigenvalue weighted by Crippen LogP contribution is -2.52. The Morgan fingerprint density at radius 2 is 1.94 bits per heavy atom. The topological polar surface area (TPSA) is 55.1 Å². The third kappa shape index (κ3) is 3.84. The Hall–Kier alpha value is -1.35. The van der Waals surface area contributed by atoms with Crippen molar-refractivity contribution in [1.82, 2.24) is 5.32 Å². The maximum Gasteiger partial charge on any atom is 0.240 e. The van der Waals surface area contributed by atoms with Crippen molar-refractivity contribution >= 4 is 5.91 Å². The zero-order valence-corrected chi connectivity index (χ0v) is 11.8. The number of hydrogen-bond acceptors (Lipinski definition) is 2. The average molecular weight is 248 g/mol. The lowest BCUT2D eigenvalue weighted by Gasteiger charge is -2.25. The minimum atomic E-state index is -0.784. The second-order valence-corrected chi connectivity index (χ2v) is 5.27. The van der Waals surface area contributed by atoms with Crippen molar-refractivity contribution in [2.24, 2.45) is 5.73 Å². The summed E-state index contributed by atoms with van der Waals surface area (Å²) < 4.78 is 0. The van der Waals surface area contributed by atoms with Crippen LogP contribution in [0.15, 0.2) is 24.3 Å². The van der Waals surface area contributed by atoms with Crippen molar-refractivity contribution in [3.8, 4) is 0 Å². The first-order valence-corrected chi connectivity index (χ1v) is 6.53. The smallest absolute Gasteiger partial charge is 0.240 e. The van der Waals surface area contributed by atoms with Gasteiger partial charge in [-0.1, -0.05) is 43.2 Å². The molecule has 1 aromatic rings. The second kappa shape index (κ2) is 6.01. The molecule has 1 amide bonds. The summed E-state index contributed by atoms with van der Waals surface area (Å²) in [4.78, 5) is 12.1. The minimum Gasteiger partial charge on any atom is -0.348 e. The summed E-state index contributed by atoms with van der Waals surface area (Å²) >= 11 is 0. The maximum absolute atomic E-state index is 12.1.